The number of pyridine rings is 2. The van der Waals surface area contributed by atoms with Crippen LogP contribution < -0.4 is 16.9 Å². The molecular weight excluding hydrogens is 1200 g/mol. The largest absolute Gasteiger partial charge is 0.480 e. The third kappa shape index (κ3) is 20.2. The van der Waals surface area contributed by atoms with Crippen molar-refractivity contribution in [3.8, 4) is 22.3 Å². The zero-order chi connectivity index (χ0) is 68.7. The lowest BCUT2D eigenvalue weighted by Crippen LogP contribution is -2.49. The number of aryl methyl sites for hydroxylation is 6. The number of aliphatic carboxylic acids is 1. The summed E-state index contributed by atoms with van der Waals surface area (Å²) in [5, 5.41) is 9.34. The lowest BCUT2D eigenvalue weighted by Gasteiger charge is -2.34. The van der Waals surface area contributed by atoms with Crippen LogP contribution in [0.1, 0.15) is 153 Å². The molecule has 2 saturated heterocycles. The van der Waals surface area contributed by atoms with Gasteiger partial charge in [-0.05, 0) is 202 Å². The van der Waals surface area contributed by atoms with Gasteiger partial charge in [0.2, 0.25) is 0 Å². The molecule has 3 N–H and O–H groups in total. The van der Waals surface area contributed by atoms with Gasteiger partial charge in [0.15, 0.2) is 17.4 Å². The molecule has 2 aliphatic rings. The summed E-state index contributed by atoms with van der Waals surface area (Å²) in [6.07, 6.45) is 2.03. The predicted molar refractivity (Wildman–Crippen MR) is 350 cm³/mol. The maximum atomic E-state index is 16.0. The summed E-state index contributed by atoms with van der Waals surface area (Å²) < 4.78 is 97.7. The summed E-state index contributed by atoms with van der Waals surface area (Å²) in [5.41, 5.74) is 14.7. The normalized spacial score (nSPS) is 14.8. The van der Waals surface area contributed by atoms with E-state index in [1.165, 1.54) is 18.5 Å². The van der Waals surface area contributed by atoms with E-state index < -0.39 is 88.6 Å². The maximum Gasteiger partial charge on any atom is 0.326 e. The molecule has 2 aromatic heterocycles. The number of carbonyl (C=O) groups is 4. The van der Waals surface area contributed by atoms with Crippen LogP contribution >= 0.6 is 0 Å². The second kappa shape index (κ2) is 33.9. The molecular formula is C73H91F6N5O9. The lowest BCUT2D eigenvalue weighted by molar-refractivity contribution is -0.144. The summed E-state index contributed by atoms with van der Waals surface area (Å²) in [6, 6.07) is 18.5. The number of alkyl halides is 2. The molecule has 4 aromatic carbocycles. The fraction of sp³-hybridized carbons (Fsp3) is 0.479. The summed E-state index contributed by atoms with van der Waals surface area (Å²) in [6.45, 7) is 25.1. The van der Waals surface area contributed by atoms with Crippen molar-refractivity contribution in [2.24, 2.45) is 17.6 Å². The second-order valence-corrected chi connectivity index (χ2v) is 25.6. The minimum Gasteiger partial charge on any atom is -0.480 e. The quantitative estimate of drug-likeness (QED) is 0.0388. The fourth-order valence-corrected chi connectivity index (χ4v) is 12.2. The first-order valence-corrected chi connectivity index (χ1v) is 32.0. The number of carboxylic acids is 1. The minimum absolute atomic E-state index is 0.0370. The molecule has 6 aromatic rings. The number of ketones is 1. The third-order valence-corrected chi connectivity index (χ3v) is 16.9. The van der Waals surface area contributed by atoms with E-state index in [-0.39, 0.29) is 68.5 Å². The number of Topliss-reactive ketones (excluding diaryl/α,β-unsaturated/α-hetero) is 1. The van der Waals surface area contributed by atoms with Crippen molar-refractivity contribution in [3.63, 3.8) is 0 Å². The number of rotatable bonds is 26. The first kappa shape index (κ1) is 74.4. The number of hydrogen-bond acceptors (Lipinski definition) is 11. The average molecular weight is 1300 g/mol. The molecule has 4 atom stereocenters. The highest BCUT2D eigenvalue weighted by atomic mass is 19.2. The Balaban J connectivity index is 0.000000245. The molecule has 93 heavy (non-hydrogen) atoms. The van der Waals surface area contributed by atoms with E-state index in [1.807, 2.05) is 108 Å². The molecule has 0 spiro atoms. The van der Waals surface area contributed by atoms with Gasteiger partial charge in [0.05, 0.1) is 32.1 Å². The van der Waals surface area contributed by atoms with Crippen LogP contribution in [0.15, 0.2) is 94.8 Å². The van der Waals surface area contributed by atoms with Crippen molar-refractivity contribution in [3.05, 3.63) is 185 Å². The molecule has 20 heteroatoms. The van der Waals surface area contributed by atoms with Gasteiger partial charge >= 0.3 is 17.9 Å². The van der Waals surface area contributed by atoms with Crippen LogP contribution in [0.2, 0.25) is 0 Å². The van der Waals surface area contributed by atoms with Crippen LogP contribution in [0.5, 0.6) is 0 Å². The van der Waals surface area contributed by atoms with Gasteiger partial charge in [-0.25, -0.2) is 31.1 Å². The molecule has 2 aliphatic heterocycles. The highest BCUT2D eigenvalue weighted by Crippen LogP contribution is 2.38. The van der Waals surface area contributed by atoms with Crippen LogP contribution in [0.25, 0.3) is 22.3 Å². The lowest BCUT2D eigenvalue weighted by atomic mass is 9.84. The van der Waals surface area contributed by atoms with Gasteiger partial charge in [0, 0.05) is 75.6 Å². The van der Waals surface area contributed by atoms with E-state index in [9.17, 15) is 51.4 Å². The summed E-state index contributed by atoms with van der Waals surface area (Å²) in [4.78, 5) is 79.0. The first-order valence-electron chi connectivity index (χ1n) is 32.0. The van der Waals surface area contributed by atoms with Gasteiger partial charge in [-0.1, -0.05) is 64.1 Å². The summed E-state index contributed by atoms with van der Waals surface area (Å²) in [5.74, 6) is -6.20. The van der Waals surface area contributed by atoms with Crippen LogP contribution in [0.3, 0.4) is 0 Å². The molecule has 0 aliphatic carbocycles. The van der Waals surface area contributed by atoms with Crippen molar-refractivity contribution in [1.29, 1.82) is 0 Å². The SMILES string of the molecule is CC(C)CC(C(=O)O)n1cc(CCN2CC(F)C2)cc(F)c1=O.CCOC(=O)C[C@H](CC(=O)C(CC(C)C)n1cc(CCN2CC(F)C2)cc(F)c1=O)c1cc(-c2c(C)cccc2C)cc(C)c1F.CCOC(=O)C[C@H](N)c1cc(-c2c(C)cccc2C)cc(C)c1F. The number of esters is 2. The number of ether oxygens (including phenoxy) is 2. The maximum absolute atomic E-state index is 16.0. The highest BCUT2D eigenvalue weighted by Gasteiger charge is 2.33. The fourth-order valence-electron chi connectivity index (χ4n) is 12.2. The van der Waals surface area contributed by atoms with E-state index in [0.717, 1.165) is 59.7 Å². The molecule has 0 radical (unpaired) electrons. The monoisotopic (exact) mass is 1300 g/mol. The molecule has 14 nitrogen and oxygen atoms in total. The van der Waals surface area contributed by atoms with Crippen molar-refractivity contribution in [1.82, 2.24) is 18.9 Å². The van der Waals surface area contributed by atoms with Crippen molar-refractivity contribution >= 4 is 23.7 Å². The zero-order valence-corrected chi connectivity index (χ0v) is 55.7. The topological polar surface area (TPSA) is 183 Å². The number of likely N-dealkylation sites (tertiary alicyclic amines) is 2. The van der Waals surface area contributed by atoms with Gasteiger partial charge in [0.1, 0.15) is 30.0 Å². The number of carboxylic acid groups (broad SMARTS) is 1. The zero-order valence-electron chi connectivity index (χ0n) is 55.7. The highest BCUT2D eigenvalue weighted by molar-refractivity contribution is 5.85. The third-order valence-electron chi connectivity index (χ3n) is 16.9. The summed E-state index contributed by atoms with van der Waals surface area (Å²) in [7, 11) is 0. The molecule has 8 rings (SSSR count). The Hall–Kier alpha value is -7.68. The molecule has 0 saturated carbocycles. The van der Waals surface area contributed by atoms with Crippen molar-refractivity contribution < 1.29 is 60.1 Å². The number of benzene rings is 4. The number of hydrogen-bond donors (Lipinski definition) is 2. The first-order chi connectivity index (χ1) is 43.9. The molecule has 0 amide bonds. The molecule has 2 fully saturated rings. The van der Waals surface area contributed by atoms with Gasteiger partial charge in [0.25, 0.3) is 11.1 Å². The Bertz CT molecular complexity index is 3680. The standard InChI is InChI=1S/C37H45F3N2O4.C20H24FNO2.C16H22F2N2O3/c1-7-46-34(44)18-27(30-16-28(14-25(6)36(30)40)35-23(4)9-8-10-24(35)5)17-33(43)32(13-22(2)3)42-19-26(15-31(39)37(42)45)11-12-41-20-29(38)21-41;1-5-24-18(23)11-17(22)16-10-15(9-14(4)20(16)21)19-12(2)7-6-8-13(19)3;1-10(2)5-14(16(22)23)20-7-11(6-13(18)15(20)21)3-4-19-8-12(17)9-19/h8-10,14-16,19,22,27,29,32H,7,11-13,17-18,20-21H2,1-6H3;6-10,17H,5,11,22H2,1-4H3;6-7,10,12,14H,3-5,8-9H2,1-2H3,(H,22,23)/t27-,32?;17-;/m00./s1. The smallest absolute Gasteiger partial charge is 0.326 e. The number of carbonyl (C=O) groups excluding carboxylic acids is 3. The summed E-state index contributed by atoms with van der Waals surface area (Å²) >= 11 is 0. The average Bonchev–Trinajstić information content (AvgIpc) is 0.830. The van der Waals surface area contributed by atoms with Gasteiger partial charge in [-0.2, -0.15) is 0 Å². The Morgan fingerprint density at radius 1 is 0.559 bits per heavy atom. The van der Waals surface area contributed by atoms with Crippen molar-refractivity contribution in [2.75, 3.05) is 52.5 Å². The molecule has 504 valence electrons. The Morgan fingerprint density at radius 3 is 1.34 bits per heavy atom. The molecule has 4 heterocycles. The Kier molecular flexibility index (Phi) is 27.1. The van der Waals surface area contributed by atoms with E-state index >= 15 is 8.78 Å². The van der Waals surface area contributed by atoms with Crippen LogP contribution in [0, 0.1) is 76.6 Å². The molecule has 0 bridgehead atoms. The van der Waals surface area contributed by atoms with E-state index in [2.05, 4.69) is 0 Å². The van der Waals surface area contributed by atoms with Gasteiger partial charge in [-0.15, -0.1) is 0 Å². The predicted octanol–water partition coefficient (Wildman–Crippen LogP) is 13.4. The molecule has 2 unspecified atom stereocenters. The van der Waals surface area contributed by atoms with Crippen LogP contribution in [0.4, 0.5) is 26.3 Å². The van der Waals surface area contributed by atoms with E-state index in [0.29, 0.717) is 79.9 Å². The number of nitrogens with zero attached hydrogens (tertiary/aromatic N) is 4. The van der Waals surface area contributed by atoms with Gasteiger partial charge < -0.3 is 24.9 Å². The van der Waals surface area contributed by atoms with E-state index in [1.54, 1.807) is 45.9 Å². The van der Waals surface area contributed by atoms with Gasteiger partial charge in [-0.3, -0.25) is 38.3 Å². The van der Waals surface area contributed by atoms with E-state index in [4.69, 9.17) is 15.2 Å². The number of halogens is 6. The van der Waals surface area contributed by atoms with Crippen molar-refractivity contribution in [2.45, 2.75) is 164 Å². The minimum atomic E-state index is -1.15. The van der Waals surface area contributed by atoms with Crippen LogP contribution in [-0.4, -0.2) is 113 Å². The van der Waals surface area contributed by atoms with Crippen LogP contribution in [-0.2, 0) is 41.5 Å². The Labute approximate surface area is 542 Å². The number of aromatic nitrogens is 2. The Morgan fingerprint density at radius 2 is 0.946 bits per heavy atom. The second-order valence-electron chi connectivity index (χ2n) is 25.6. The number of nitrogens with two attached hydrogens (primary N) is 1.